The van der Waals surface area contributed by atoms with Crippen molar-refractivity contribution in [2.24, 2.45) is 0 Å². The fraction of sp³-hybridized carbons (Fsp3) is 0.538. The zero-order valence-corrected chi connectivity index (χ0v) is 12.2. The Bertz CT molecular complexity index is 457. The van der Waals surface area contributed by atoms with Crippen LogP contribution in [0.1, 0.15) is 6.42 Å². The number of pyridine rings is 1. The van der Waals surface area contributed by atoms with Gasteiger partial charge in [-0.2, -0.15) is 0 Å². The molecule has 2 aliphatic rings. The molecule has 6 heteroatoms. The molecular weight excluding hydrogens is 310 g/mol. The molecule has 1 aromatic heterocycles. The first-order chi connectivity index (χ1) is 9.24. The van der Waals surface area contributed by atoms with Crippen LogP contribution >= 0.6 is 15.9 Å². The molecule has 0 aromatic carbocycles. The van der Waals surface area contributed by atoms with Gasteiger partial charge in [0.2, 0.25) is 0 Å². The number of hydrogen-bond donors (Lipinski definition) is 0. The van der Waals surface area contributed by atoms with E-state index in [9.17, 15) is 4.79 Å². The number of anilines is 1. The van der Waals surface area contributed by atoms with Crippen LogP contribution in [0, 0.1) is 0 Å². The minimum absolute atomic E-state index is 0.0278. The molecule has 1 unspecified atom stereocenters. The predicted molar refractivity (Wildman–Crippen MR) is 75.1 cm³/mol. The van der Waals surface area contributed by atoms with Crippen LogP contribution in [0.2, 0.25) is 0 Å². The number of carbonyl (C=O) groups excluding carboxylic acids is 1. The summed E-state index contributed by atoms with van der Waals surface area (Å²) in [6.45, 7) is 4.14. The van der Waals surface area contributed by atoms with Crippen molar-refractivity contribution in [1.29, 1.82) is 0 Å². The third-order valence-corrected chi connectivity index (χ3v) is 4.17. The number of halogens is 1. The Balaban J connectivity index is 1.60. The van der Waals surface area contributed by atoms with Gasteiger partial charge in [0.25, 0.3) is 0 Å². The molecule has 3 rings (SSSR count). The number of esters is 1. The number of ether oxygens (including phenoxy) is 1. The standard InChI is InChI=1S/C13H16BrN3O2/c14-10-1-2-12(15-9-10)17-6-4-16(5-7-17)11-3-8-19-13(11)18/h1-2,9,11H,3-8H2. The van der Waals surface area contributed by atoms with Crippen molar-refractivity contribution >= 4 is 27.7 Å². The highest BCUT2D eigenvalue weighted by atomic mass is 79.9. The summed E-state index contributed by atoms with van der Waals surface area (Å²) in [4.78, 5) is 20.5. The largest absolute Gasteiger partial charge is 0.464 e. The maximum Gasteiger partial charge on any atom is 0.323 e. The first-order valence-corrected chi connectivity index (χ1v) is 7.30. The summed E-state index contributed by atoms with van der Waals surface area (Å²) in [6, 6.07) is 3.99. The molecule has 0 N–H and O–H groups in total. The van der Waals surface area contributed by atoms with Crippen molar-refractivity contribution in [3.63, 3.8) is 0 Å². The van der Waals surface area contributed by atoms with E-state index in [4.69, 9.17) is 4.74 Å². The van der Waals surface area contributed by atoms with Crippen LogP contribution in [0.5, 0.6) is 0 Å². The van der Waals surface area contributed by atoms with Gasteiger partial charge in [-0.1, -0.05) is 0 Å². The summed E-state index contributed by atoms with van der Waals surface area (Å²) in [7, 11) is 0. The average Bonchev–Trinajstić information content (AvgIpc) is 2.86. The zero-order chi connectivity index (χ0) is 13.2. The van der Waals surface area contributed by atoms with Gasteiger partial charge in [-0.25, -0.2) is 4.98 Å². The predicted octanol–water partition coefficient (Wildman–Crippen LogP) is 1.28. The Kier molecular flexibility index (Phi) is 3.70. The number of cyclic esters (lactones) is 1. The Hall–Kier alpha value is -1.14. The summed E-state index contributed by atoms with van der Waals surface area (Å²) in [5, 5.41) is 0. The van der Waals surface area contributed by atoms with Crippen LogP contribution in [-0.4, -0.2) is 54.7 Å². The van der Waals surface area contributed by atoms with Crippen LogP contribution in [-0.2, 0) is 9.53 Å². The minimum Gasteiger partial charge on any atom is -0.464 e. The van der Waals surface area contributed by atoms with Crippen molar-refractivity contribution in [1.82, 2.24) is 9.88 Å². The van der Waals surface area contributed by atoms with Gasteiger partial charge in [-0.3, -0.25) is 9.69 Å². The van der Waals surface area contributed by atoms with Crippen molar-refractivity contribution in [3.05, 3.63) is 22.8 Å². The number of aromatic nitrogens is 1. The van der Waals surface area contributed by atoms with E-state index in [0.717, 1.165) is 42.9 Å². The molecule has 102 valence electrons. The van der Waals surface area contributed by atoms with Crippen LogP contribution in [0.4, 0.5) is 5.82 Å². The first kappa shape index (κ1) is 12.9. The van der Waals surface area contributed by atoms with Crippen LogP contribution < -0.4 is 4.90 Å². The molecule has 5 nitrogen and oxygen atoms in total. The van der Waals surface area contributed by atoms with Crippen molar-refractivity contribution < 1.29 is 9.53 Å². The molecule has 19 heavy (non-hydrogen) atoms. The lowest BCUT2D eigenvalue weighted by Gasteiger charge is -2.37. The zero-order valence-electron chi connectivity index (χ0n) is 10.6. The lowest BCUT2D eigenvalue weighted by Crippen LogP contribution is -2.51. The quantitative estimate of drug-likeness (QED) is 0.766. The number of hydrogen-bond acceptors (Lipinski definition) is 5. The highest BCUT2D eigenvalue weighted by Gasteiger charge is 2.34. The highest BCUT2D eigenvalue weighted by Crippen LogP contribution is 2.20. The second-order valence-electron chi connectivity index (χ2n) is 4.83. The van der Waals surface area contributed by atoms with Gasteiger partial charge >= 0.3 is 5.97 Å². The second-order valence-corrected chi connectivity index (χ2v) is 5.75. The van der Waals surface area contributed by atoms with E-state index in [1.165, 1.54) is 0 Å². The average molecular weight is 326 g/mol. The van der Waals surface area contributed by atoms with E-state index >= 15 is 0 Å². The molecule has 0 radical (unpaired) electrons. The maximum atomic E-state index is 11.6. The first-order valence-electron chi connectivity index (χ1n) is 6.51. The number of rotatable bonds is 2. The molecule has 0 bridgehead atoms. The third-order valence-electron chi connectivity index (χ3n) is 3.70. The molecule has 0 spiro atoms. The number of carbonyl (C=O) groups is 1. The Labute approximate surface area is 120 Å². The van der Waals surface area contributed by atoms with E-state index in [0.29, 0.717) is 6.61 Å². The number of nitrogens with zero attached hydrogens (tertiary/aromatic N) is 3. The summed E-state index contributed by atoms with van der Waals surface area (Å²) < 4.78 is 6.02. The molecule has 3 heterocycles. The molecule has 2 saturated heterocycles. The van der Waals surface area contributed by atoms with Gasteiger partial charge < -0.3 is 9.64 Å². The van der Waals surface area contributed by atoms with Crippen LogP contribution in [0.25, 0.3) is 0 Å². The van der Waals surface area contributed by atoms with E-state index in [1.807, 2.05) is 18.3 Å². The Morgan fingerprint density at radius 1 is 1.26 bits per heavy atom. The number of piperazine rings is 1. The SMILES string of the molecule is O=C1OCCC1N1CCN(c2ccc(Br)cn2)CC1. The molecule has 0 amide bonds. The van der Waals surface area contributed by atoms with Gasteiger partial charge in [-0.05, 0) is 28.1 Å². The van der Waals surface area contributed by atoms with Gasteiger partial charge in [-0.15, -0.1) is 0 Å². The summed E-state index contributed by atoms with van der Waals surface area (Å²) in [5.41, 5.74) is 0. The van der Waals surface area contributed by atoms with Crippen molar-refractivity contribution in [2.75, 3.05) is 37.7 Å². The third kappa shape index (κ3) is 2.74. The van der Waals surface area contributed by atoms with Crippen LogP contribution in [0.3, 0.4) is 0 Å². The molecular formula is C13H16BrN3O2. The topological polar surface area (TPSA) is 45.7 Å². The van der Waals surface area contributed by atoms with Crippen LogP contribution in [0.15, 0.2) is 22.8 Å². The second kappa shape index (κ2) is 5.46. The Morgan fingerprint density at radius 3 is 2.63 bits per heavy atom. The van der Waals surface area contributed by atoms with E-state index < -0.39 is 0 Å². The normalized spacial score (nSPS) is 24.6. The van der Waals surface area contributed by atoms with E-state index in [1.54, 1.807) is 0 Å². The molecule has 0 aliphatic carbocycles. The fourth-order valence-corrected chi connectivity index (χ4v) is 2.87. The molecule has 2 aliphatic heterocycles. The van der Waals surface area contributed by atoms with Crippen molar-refractivity contribution in [2.45, 2.75) is 12.5 Å². The molecule has 0 saturated carbocycles. The summed E-state index contributed by atoms with van der Waals surface area (Å²) >= 11 is 3.39. The lowest BCUT2D eigenvalue weighted by atomic mass is 10.2. The van der Waals surface area contributed by atoms with Gasteiger partial charge in [0.15, 0.2) is 0 Å². The van der Waals surface area contributed by atoms with Gasteiger partial charge in [0.1, 0.15) is 11.9 Å². The van der Waals surface area contributed by atoms with Crippen molar-refractivity contribution in [3.8, 4) is 0 Å². The maximum absolute atomic E-state index is 11.6. The minimum atomic E-state index is -0.0600. The van der Waals surface area contributed by atoms with Gasteiger partial charge in [0, 0.05) is 43.3 Å². The molecule has 1 atom stereocenters. The monoisotopic (exact) mass is 325 g/mol. The smallest absolute Gasteiger partial charge is 0.323 e. The summed E-state index contributed by atoms with van der Waals surface area (Å²) in [6.07, 6.45) is 2.64. The molecule has 1 aromatic rings. The van der Waals surface area contributed by atoms with E-state index in [-0.39, 0.29) is 12.0 Å². The van der Waals surface area contributed by atoms with Gasteiger partial charge in [0.05, 0.1) is 6.61 Å². The fourth-order valence-electron chi connectivity index (χ4n) is 2.63. The highest BCUT2D eigenvalue weighted by molar-refractivity contribution is 9.10. The summed E-state index contributed by atoms with van der Waals surface area (Å²) in [5.74, 6) is 0.937. The lowest BCUT2D eigenvalue weighted by molar-refractivity contribution is -0.142. The Morgan fingerprint density at radius 2 is 2.05 bits per heavy atom. The van der Waals surface area contributed by atoms with E-state index in [2.05, 4.69) is 30.7 Å². The molecule has 2 fully saturated rings.